The van der Waals surface area contributed by atoms with Crippen molar-refractivity contribution in [1.82, 2.24) is 20.3 Å². The minimum absolute atomic E-state index is 0.164. The average Bonchev–Trinajstić information content (AvgIpc) is 3.08. The zero-order chi connectivity index (χ0) is 17.2. The highest BCUT2D eigenvalue weighted by Crippen LogP contribution is 2.26. The first-order chi connectivity index (χ1) is 12.2. The van der Waals surface area contributed by atoms with E-state index in [4.69, 9.17) is 0 Å². The highest BCUT2D eigenvalue weighted by Gasteiger charge is 2.24. The monoisotopic (exact) mass is 337 g/mol. The Hall–Kier alpha value is -2.50. The molecule has 0 saturated heterocycles. The molecule has 130 valence electrons. The van der Waals surface area contributed by atoms with Gasteiger partial charge in [0, 0.05) is 31.2 Å². The average molecular weight is 337 g/mol. The van der Waals surface area contributed by atoms with E-state index in [9.17, 15) is 4.79 Å². The Morgan fingerprint density at radius 2 is 2.08 bits per heavy atom. The van der Waals surface area contributed by atoms with Crippen molar-refractivity contribution in [2.45, 2.75) is 44.7 Å². The summed E-state index contributed by atoms with van der Waals surface area (Å²) in [5, 5.41) is 11.1. The molecular weight excluding hydrogens is 314 g/mol. The van der Waals surface area contributed by atoms with Crippen molar-refractivity contribution in [2.24, 2.45) is 18.0 Å². The number of rotatable bonds is 3. The van der Waals surface area contributed by atoms with E-state index in [0.717, 1.165) is 48.9 Å². The van der Waals surface area contributed by atoms with Crippen LogP contribution in [0.4, 0.5) is 0 Å². The molecule has 6 nitrogen and oxygen atoms in total. The van der Waals surface area contributed by atoms with Gasteiger partial charge in [-0.05, 0) is 30.0 Å². The van der Waals surface area contributed by atoms with Gasteiger partial charge in [-0.25, -0.2) is 4.68 Å². The maximum atomic E-state index is 12.5. The number of benzene rings is 1. The summed E-state index contributed by atoms with van der Waals surface area (Å²) in [6.07, 6.45) is 9.80. The molecule has 1 aliphatic heterocycles. The van der Waals surface area contributed by atoms with E-state index in [1.807, 2.05) is 13.3 Å². The second-order valence-electron chi connectivity index (χ2n) is 7.00. The van der Waals surface area contributed by atoms with Crippen LogP contribution < -0.4 is 5.32 Å². The van der Waals surface area contributed by atoms with E-state index in [0.29, 0.717) is 0 Å². The molecule has 1 aromatic carbocycles. The molecule has 1 atom stereocenters. The third-order valence-corrected chi connectivity index (χ3v) is 5.24. The number of aryl methyl sites for hydroxylation is 1. The second-order valence-corrected chi connectivity index (χ2v) is 7.00. The number of carbonyl (C=O) groups excluding carboxylic acids is 1. The summed E-state index contributed by atoms with van der Waals surface area (Å²) in [5.41, 5.74) is 4.37. The molecule has 1 unspecified atom stereocenters. The largest absolute Gasteiger partial charge is 0.334 e. The van der Waals surface area contributed by atoms with Crippen molar-refractivity contribution < 1.29 is 4.79 Å². The lowest BCUT2D eigenvalue weighted by atomic mass is 9.88. The van der Waals surface area contributed by atoms with Crippen molar-refractivity contribution in [1.29, 1.82) is 0 Å². The van der Waals surface area contributed by atoms with Crippen LogP contribution in [0.15, 0.2) is 29.4 Å². The van der Waals surface area contributed by atoms with Gasteiger partial charge in [-0.3, -0.25) is 9.79 Å². The Bertz CT molecular complexity index is 804. The van der Waals surface area contributed by atoms with Crippen LogP contribution in [0.25, 0.3) is 11.3 Å². The molecule has 1 saturated carbocycles. The fourth-order valence-corrected chi connectivity index (χ4v) is 3.79. The first-order valence-electron chi connectivity index (χ1n) is 9.02. The highest BCUT2D eigenvalue weighted by molar-refractivity contribution is 5.85. The summed E-state index contributed by atoms with van der Waals surface area (Å²) < 4.78 is 1.76. The molecular formula is C19H23N5O. The fraction of sp³-hybridized carbons (Fsp3) is 0.474. The molecule has 2 heterocycles. The predicted octanol–water partition coefficient (Wildman–Crippen LogP) is 2.48. The molecule has 1 amide bonds. The third kappa shape index (κ3) is 3.34. The number of fused-ring (bicyclic) bond motifs is 1. The lowest BCUT2D eigenvalue weighted by molar-refractivity contribution is -0.126. The number of hydrogen-bond donors (Lipinski definition) is 1. The molecule has 1 fully saturated rings. The first kappa shape index (κ1) is 16.0. The van der Waals surface area contributed by atoms with E-state index < -0.39 is 0 Å². The maximum absolute atomic E-state index is 12.5. The van der Waals surface area contributed by atoms with E-state index in [1.54, 1.807) is 10.9 Å². The van der Waals surface area contributed by atoms with Crippen LogP contribution >= 0.6 is 0 Å². The molecule has 0 radical (unpaired) electrons. The Balaban J connectivity index is 1.48. The maximum Gasteiger partial charge on any atom is 0.224 e. The van der Waals surface area contributed by atoms with Crippen LogP contribution in [0.3, 0.4) is 0 Å². The van der Waals surface area contributed by atoms with Crippen LogP contribution in [0.2, 0.25) is 0 Å². The zero-order valence-corrected chi connectivity index (χ0v) is 14.5. The van der Waals surface area contributed by atoms with Gasteiger partial charge in [0.1, 0.15) is 6.17 Å². The molecule has 0 bridgehead atoms. The van der Waals surface area contributed by atoms with Gasteiger partial charge >= 0.3 is 0 Å². The van der Waals surface area contributed by atoms with Crippen molar-refractivity contribution in [3.8, 4) is 11.3 Å². The number of carbonyl (C=O) groups is 1. The molecule has 6 heteroatoms. The van der Waals surface area contributed by atoms with Crippen LogP contribution in [0, 0.1) is 5.92 Å². The Kier molecular flexibility index (Phi) is 4.34. The number of aliphatic imine (C=N–C) groups is 1. The normalized spacial score (nSPS) is 20.3. The van der Waals surface area contributed by atoms with Crippen molar-refractivity contribution in [2.75, 3.05) is 0 Å². The van der Waals surface area contributed by atoms with Crippen molar-refractivity contribution in [3.05, 3.63) is 35.5 Å². The van der Waals surface area contributed by atoms with Crippen LogP contribution in [-0.2, 0) is 18.3 Å². The van der Waals surface area contributed by atoms with E-state index >= 15 is 0 Å². The number of hydrogen-bond acceptors (Lipinski definition) is 4. The fourth-order valence-electron chi connectivity index (χ4n) is 3.79. The summed E-state index contributed by atoms with van der Waals surface area (Å²) in [4.78, 5) is 17.0. The van der Waals surface area contributed by atoms with Gasteiger partial charge in [-0.15, -0.1) is 5.10 Å². The van der Waals surface area contributed by atoms with Gasteiger partial charge in [-0.1, -0.05) is 36.6 Å². The molecule has 1 aliphatic carbocycles. The summed E-state index contributed by atoms with van der Waals surface area (Å²) in [5.74, 6) is 0.328. The molecule has 2 aliphatic rings. The van der Waals surface area contributed by atoms with Crippen molar-refractivity contribution >= 4 is 12.1 Å². The Morgan fingerprint density at radius 3 is 2.84 bits per heavy atom. The molecule has 1 N–H and O–H groups in total. The van der Waals surface area contributed by atoms with Crippen LogP contribution in [0.1, 0.15) is 43.2 Å². The molecule has 2 aromatic rings. The van der Waals surface area contributed by atoms with Gasteiger partial charge in [0.15, 0.2) is 0 Å². The minimum Gasteiger partial charge on any atom is -0.334 e. The molecule has 0 spiro atoms. The van der Waals surface area contributed by atoms with Gasteiger partial charge in [0.2, 0.25) is 5.91 Å². The van der Waals surface area contributed by atoms with E-state index in [-0.39, 0.29) is 18.0 Å². The molecule has 1 aromatic heterocycles. The number of nitrogens with zero attached hydrogens (tertiary/aromatic N) is 4. The standard InChI is InChI=1S/C19H23N5O/c1-24-17(12-21-23-24)14-7-8-15-11-20-18(10-16(15)9-14)22-19(25)13-5-3-2-4-6-13/h7-9,11-13,18H,2-6,10H2,1H3,(H,22,25). The Morgan fingerprint density at radius 1 is 1.24 bits per heavy atom. The molecule has 25 heavy (non-hydrogen) atoms. The topological polar surface area (TPSA) is 72.2 Å². The van der Waals surface area contributed by atoms with Gasteiger partial charge in [-0.2, -0.15) is 0 Å². The minimum atomic E-state index is -0.165. The van der Waals surface area contributed by atoms with Crippen LogP contribution in [0.5, 0.6) is 0 Å². The quantitative estimate of drug-likeness (QED) is 0.935. The number of nitrogens with one attached hydrogen (secondary N) is 1. The lowest BCUT2D eigenvalue weighted by Crippen LogP contribution is -2.40. The lowest BCUT2D eigenvalue weighted by Gasteiger charge is -2.25. The zero-order valence-electron chi connectivity index (χ0n) is 14.5. The number of aromatic nitrogens is 3. The summed E-state index contributed by atoms with van der Waals surface area (Å²) in [6.45, 7) is 0. The van der Waals surface area contributed by atoms with E-state index in [1.165, 1.54) is 12.0 Å². The SMILES string of the molecule is Cn1nncc1-c1ccc2c(c1)CC(NC(=O)C1CCCCC1)N=C2. The second kappa shape index (κ2) is 6.78. The highest BCUT2D eigenvalue weighted by atomic mass is 16.2. The van der Waals surface area contributed by atoms with Gasteiger partial charge in [0.25, 0.3) is 0 Å². The third-order valence-electron chi connectivity index (χ3n) is 5.24. The van der Waals surface area contributed by atoms with Crippen molar-refractivity contribution in [3.63, 3.8) is 0 Å². The summed E-state index contributed by atoms with van der Waals surface area (Å²) in [6, 6.07) is 6.28. The summed E-state index contributed by atoms with van der Waals surface area (Å²) >= 11 is 0. The van der Waals surface area contributed by atoms with Gasteiger partial charge in [0.05, 0.1) is 11.9 Å². The first-order valence-corrected chi connectivity index (χ1v) is 9.02. The number of amides is 1. The smallest absolute Gasteiger partial charge is 0.224 e. The molecule has 4 rings (SSSR count). The Labute approximate surface area is 147 Å². The predicted molar refractivity (Wildman–Crippen MR) is 96.2 cm³/mol. The van der Waals surface area contributed by atoms with E-state index in [2.05, 4.69) is 38.8 Å². The van der Waals surface area contributed by atoms with Crippen LogP contribution in [-0.4, -0.2) is 33.3 Å². The summed E-state index contributed by atoms with van der Waals surface area (Å²) in [7, 11) is 1.89. The van der Waals surface area contributed by atoms with Gasteiger partial charge < -0.3 is 5.32 Å².